The maximum absolute atomic E-state index is 4.80. The molecule has 1 fully saturated rings. The zero-order chi connectivity index (χ0) is 20.1. The fraction of sp³-hybridized carbons (Fsp3) is 0.375. The molecule has 1 aliphatic rings. The maximum atomic E-state index is 4.80. The van der Waals surface area contributed by atoms with E-state index in [-0.39, 0.29) is 5.41 Å². The van der Waals surface area contributed by atoms with Gasteiger partial charge in [0.05, 0.1) is 0 Å². The molecule has 0 bridgehead atoms. The first-order chi connectivity index (χ1) is 13.3. The van der Waals surface area contributed by atoms with Crippen LogP contribution in [0.2, 0.25) is 0 Å². The van der Waals surface area contributed by atoms with Gasteiger partial charge < -0.3 is 15.1 Å². The van der Waals surface area contributed by atoms with Crippen LogP contribution in [0.4, 0.5) is 11.6 Å². The molecular formula is C24H32N4. The molecule has 28 heavy (non-hydrogen) atoms. The molecule has 0 saturated carbocycles. The number of benzene rings is 1. The predicted molar refractivity (Wildman–Crippen MR) is 120 cm³/mol. The van der Waals surface area contributed by atoms with Crippen molar-refractivity contribution in [2.45, 2.75) is 27.2 Å². The van der Waals surface area contributed by atoms with Gasteiger partial charge in [-0.2, -0.15) is 0 Å². The van der Waals surface area contributed by atoms with E-state index in [1.54, 1.807) is 0 Å². The average Bonchev–Trinajstić information content (AvgIpc) is 2.68. The Bertz CT molecular complexity index is 812. The molecule has 1 aliphatic heterocycles. The van der Waals surface area contributed by atoms with E-state index in [4.69, 9.17) is 4.98 Å². The number of hydrogen-bond donors (Lipinski definition) is 1. The molecule has 0 aliphatic carbocycles. The average molecular weight is 377 g/mol. The highest BCUT2D eigenvalue weighted by atomic mass is 15.3. The summed E-state index contributed by atoms with van der Waals surface area (Å²) in [6, 6.07) is 16.2. The molecule has 2 heterocycles. The van der Waals surface area contributed by atoms with Crippen LogP contribution in [0.15, 0.2) is 67.4 Å². The Morgan fingerprint density at radius 2 is 1.64 bits per heavy atom. The lowest BCUT2D eigenvalue weighted by molar-refractivity contribution is 0.276. The van der Waals surface area contributed by atoms with E-state index in [1.807, 2.05) is 42.5 Å². The van der Waals surface area contributed by atoms with Crippen molar-refractivity contribution in [3.63, 3.8) is 0 Å². The van der Waals surface area contributed by atoms with Crippen LogP contribution >= 0.6 is 0 Å². The zero-order valence-corrected chi connectivity index (χ0v) is 17.4. The topological polar surface area (TPSA) is 31.4 Å². The van der Waals surface area contributed by atoms with E-state index >= 15 is 0 Å². The van der Waals surface area contributed by atoms with Crippen LogP contribution in [0.25, 0.3) is 5.70 Å². The lowest BCUT2D eigenvalue weighted by atomic mass is 9.90. The summed E-state index contributed by atoms with van der Waals surface area (Å²) in [5.74, 6) is 1.83. The van der Waals surface area contributed by atoms with Gasteiger partial charge in [-0.25, -0.2) is 4.98 Å². The summed E-state index contributed by atoms with van der Waals surface area (Å²) in [5.41, 5.74) is 3.45. The minimum absolute atomic E-state index is 0.275. The number of nitrogens with one attached hydrogen (secondary N) is 1. The molecule has 1 saturated heterocycles. The lowest BCUT2D eigenvalue weighted by Gasteiger charge is -2.39. The molecule has 2 aromatic rings. The molecule has 0 radical (unpaired) electrons. The van der Waals surface area contributed by atoms with Crippen molar-refractivity contribution in [1.29, 1.82) is 0 Å². The van der Waals surface area contributed by atoms with Crippen molar-refractivity contribution >= 4 is 17.3 Å². The van der Waals surface area contributed by atoms with Gasteiger partial charge in [0.25, 0.3) is 0 Å². The summed E-state index contributed by atoms with van der Waals surface area (Å²) in [4.78, 5) is 9.57. The van der Waals surface area contributed by atoms with Gasteiger partial charge >= 0.3 is 0 Å². The van der Waals surface area contributed by atoms with Crippen LogP contribution in [-0.2, 0) is 0 Å². The van der Waals surface area contributed by atoms with Crippen LogP contribution in [0, 0.1) is 5.41 Å². The molecule has 3 rings (SSSR count). The molecule has 4 heteroatoms. The Kier molecular flexibility index (Phi) is 6.08. The number of anilines is 2. The molecule has 1 N–H and O–H groups in total. The maximum Gasteiger partial charge on any atom is 0.132 e. The van der Waals surface area contributed by atoms with Gasteiger partial charge in [0.1, 0.15) is 11.6 Å². The highest BCUT2D eigenvalue weighted by Crippen LogP contribution is 2.26. The third-order valence-corrected chi connectivity index (χ3v) is 4.92. The third kappa shape index (κ3) is 5.38. The van der Waals surface area contributed by atoms with Crippen LogP contribution in [0.3, 0.4) is 0 Å². The molecule has 1 aromatic heterocycles. The number of rotatable bonds is 6. The lowest BCUT2D eigenvalue weighted by Crippen LogP contribution is -2.46. The largest absolute Gasteiger partial charge is 0.372 e. The highest BCUT2D eigenvalue weighted by molar-refractivity contribution is 5.74. The highest BCUT2D eigenvalue weighted by Gasteiger charge is 2.22. The van der Waals surface area contributed by atoms with Gasteiger partial charge in [-0.05, 0) is 29.5 Å². The first-order valence-corrected chi connectivity index (χ1v) is 9.98. The standard InChI is InChI=1S/C24H32N4/c1-19(18-24(3,4)5)27-14-16-28(17-15-27)23-13-9-12-22(26-23)25-20(2)21-10-7-6-8-11-21/h6-13H,1-2,14-18H2,3-5H3,(H,25,26). The number of piperazine rings is 1. The monoisotopic (exact) mass is 376 g/mol. The summed E-state index contributed by atoms with van der Waals surface area (Å²) in [5, 5.41) is 3.33. The van der Waals surface area contributed by atoms with E-state index in [0.29, 0.717) is 0 Å². The summed E-state index contributed by atoms with van der Waals surface area (Å²) in [6.07, 6.45) is 1.03. The summed E-state index contributed by atoms with van der Waals surface area (Å²) in [6.45, 7) is 19.1. The van der Waals surface area contributed by atoms with E-state index in [9.17, 15) is 0 Å². The minimum Gasteiger partial charge on any atom is -0.372 e. The van der Waals surface area contributed by atoms with Crippen LogP contribution in [0.1, 0.15) is 32.8 Å². The van der Waals surface area contributed by atoms with Crippen molar-refractivity contribution < 1.29 is 0 Å². The molecule has 0 amide bonds. The summed E-state index contributed by atoms with van der Waals surface area (Å²) < 4.78 is 0. The van der Waals surface area contributed by atoms with Gasteiger partial charge in [0, 0.05) is 37.6 Å². The van der Waals surface area contributed by atoms with Crippen LogP contribution in [0.5, 0.6) is 0 Å². The van der Waals surface area contributed by atoms with Crippen LogP contribution < -0.4 is 10.2 Å². The first-order valence-electron chi connectivity index (χ1n) is 9.98. The smallest absolute Gasteiger partial charge is 0.132 e. The fourth-order valence-electron chi connectivity index (χ4n) is 3.51. The Balaban J connectivity index is 1.59. The van der Waals surface area contributed by atoms with Crippen molar-refractivity contribution in [2.75, 3.05) is 36.4 Å². The second kappa shape index (κ2) is 8.51. The third-order valence-electron chi connectivity index (χ3n) is 4.92. The number of hydrogen-bond acceptors (Lipinski definition) is 4. The van der Waals surface area contributed by atoms with Crippen molar-refractivity contribution in [3.05, 3.63) is 72.9 Å². The number of nitrogens with zero attached hydrogens (tertiary/aromatic N) is 3. The van der Waals surface area contributed by atoms with E-state index in [0.717, 1.165) is 55.5 Å². The predicted octanol–water partition coefficient (Wildman–Crippen LogP) is 5.24. The molecular weight excluding hydrogens is 344 g/mol. The van der Waals surface area contributed by atoms with Crippen molar-refractivity contribution in [2.24, 2.45) is 5.41 Å². The van der Waals surface area contributed by atoms with Crippen molar-refractivity contribution in [3.8, 4) is 0 Å². The van der Waals surface area contributed by atoms with Gasteiger partial charge in [0.15, 0.2) is 0 Å². The summed E-state index contributed by atoms with van der Waals surface area (Å²) >= 11 is 0. The molecule has 0 unspecified atom stereocenters. The Morgan fingerprint density at radius 1 is 0.964 bits per heavy atom. The Hall–Kier alpha value is -2.75. The summed E-state index contributed by atoms with van der Waals surface area (Å²) in [7, 11) is 0. The van der Waals surface area contributed by atoms with Gasteiger partial charge in [-0.3, -0.25) is 0 Å². The molecule has 0 atom stereocenters. The first kappa shape index (κ1) is 20.0. The fourth-order valence-corrected chi connectivity index (χ4v) is 3.51. The SMILES string of the molecule is C=C(Nc1cccc(N2CCN(C(=C)CC(C)(C)C)CC2)n1)c1ccccc1. The van der Waals surface area contributed by atoms with Crippen LogP contribution in [-0.4, -0.2) is 36.1 Å². The minimum atomic E-state index is 0.275. The second-order valence-electron chi connectivity index (χ2n) is 8.63. The molecule has 4 nitrogen and oxygen atoms in total. The zero-order valence-electron chi connectivity index (χ0n) is 17.4. The van der Waals surface area contributed by atoms with E-state index < -0.39 is 0 Å². The number of aromatic nitrogens is 1. The number of allylic oxidation sites excluding steroid dienone is 1. The quantitative estimate of drug-likeness (QED) is 0.747. The van der Waals surface area contributed by atoms with E-state index in [1.165, 1.54) is 5.70 Å². The number of pyridine rings is 1. The molecule has 1 aromatic carbocycles. The normalized spacial score (nSPS) is 14.7. The van der Waals surface area contributed by atoms with Gasteiger partial charge in [-0.1, -0.05) is 70.3 Å². The molecule has 148 valence electrons. The van der Waals surface area contributed by atoms with Gasteiger partial charge in [-0.15, -0.1) is 0 Å². The Morgan fingerprint density at radius 3 is 2.29 bits per heavy atom. The van der Waals surface area contributed by atoms with Gasteiger partial charge in [0.2, 0.25) is 0 Å². The second-order valence-corrected chi connectivity index (χ2v) is 8.63. The Labute approximate surface area is 169 Å². The van der Waals surface area contributed by atoms with E-state index in [2.05, 4.69) is 55.1 Å². The van der Waals surface area contributed by atoms with Crippen molar-refractivity contribution in [1.82, 2.24) is 9.88 Å². The molecule has 0 spiro atoms.